The monoisotopic (exact) mass is 309 g/mol. The van der Waals surface area contributed by atoms with Crippen LogP contribution in [0.1, 0.15) is 26.7 Å². The molecule has 0 spiro atoms. The average Bonchev–Trinajstić information content (AvgIpc) is 2.73. The van der Waals surface area contributed by atoms with Crippen molar-refractivity contribution in [2.24, 2.45) is 11.7 Å². The Hall–Kier alpha value is -0.675. The molecule has 118 valence electrons. The highest BCUT2D eigenvalue weighted by atomic mass is 32.2. The molecular formula is C10H22BN2O6S-. The third-order valence-corrected chi connectivity index (χ3v) is 2.93. The molecule has 1 fully saturated rings. The first-order valence-electron chi connectivity index (χ1n) is 6.28. The zero-order valence-electron chi connectivity index (χ0n) is 11.9. The fraction of sp³-hybridized carbons (Fsp3) is 0.900. The van der Waals surface area contributed by atoms with Crippen LogP contribution in [0, 0.1) is 5.92 Å². The largest absolute Gasteiger partial charge is 0.748 e. The molecule has 20 heavy (non-hydrogen) atoms. The van der Waals surface area contributed by atoms with Crippen LogP contribution >= 0.6 is 0 Å². The van der Waals surface area contributed by atoms with Gasteiger partial charge in [-0.05, 0) is 18.8 Å². The lowest BCUT2D eigenvalue weighted by Gasteiger charge is -2.28. The molecule has 0 aliphatic carbocycles. The predicted octanol–water partition coefficient (Wildman–Crippen LogP) is -1.87. The normalized spacial score (nSPS) is 20.4. The van der Waals surface area contributed by atoms with E-state index in [0.717, 1.165) is 6.42 Å². The summed E-state index contributed by atoms with van der Waals surface area (Å²) < 4.78 is 27.2. The van der Waals surface area contributed by atoms with E-state index >= 15 is 0 Å². The van der Waals surface area contributed by atoms with Crippen molar-refractivity contribution in [1.29, 1.82) is 0 Å². The lowest BCUT2D eigenvalue weighted by molar-refractivity contribution is -0.133. The number of nitrogens with two attached hydrogens (primary N) is 1. The Balaban J connectivity index is 0.000000621. The number of carbonyl (C=O) groups excluding carboxylic acids is 1. The molecular weight excluding hydrogens is 287 g/mol. The molecule has 0 saturated carbocycles. The highest BCUT2D eigenvalue weighted by molar-refractivity contribution is 7.84. The topological polar surface area (TPSA) is 144 Å². The van der Waals surface area contributed by atoms with Crippen LogP contribution in [0.4, 0.5) is 0 Å². The van der Waals surface area contributed by atoms with Gasteiger partial charge in [0.25, 0.3) is 0 Å². The van der Waals surface area contributed by atoms with Gasteiger partial charge < -0.3 is 25.2 Å². The van der Waals surface area contributed by atoms with Crippen molar-refractivity contribution in [3.63, 3.8) is 0 Å². The van der Waals surface area contributed by atoms with Gasteiger partial charge in [-0.25, -0.2) is 8.42 Å². The van der Waals surface area contributed by atoms with Gasteiger partial charge in [0.05, 0.1) is 22.1 Å². The van der Waals surface area contributed by atoms with E-state index in [1.54, 1.807) is 0 Å². The summed E-state index contributed by atoms with van der Waals surface area (Å²) >= 11 is 0. The molecule has 0 aromatic rings. The summed E-state index contributed by atoms with van der Waals surface area (Å²) in [5.41, 5.74) is 5.75. The van der Waals surface area contributed by atoms with Crippen LogP contribution in [0.2, 0.25) is 0 Å². The van der Waals surface area contributed by atoms with Gasteiger partial charge >= 0.3 is 7.12 Å². The molecule has 1 heterocycles. The van der Waals surface area contributed by atoms with Crippen molar-refractivity contribution in [3.8, 4) is 0 Å². The highest BCUT2D eigenvalue weighted by Crippen LogP contribution is 2.19. The molecule has 0 aromatic carbocycles. The molecule has 2 atom stereocenters. The molecule has 10 heteroatoms. The SMILES string of the molecule is CC(C)[C@H](N)C(=O)N1CCC[C@H]1B(O)O.CS(=O)(=O)[O-]. The molecule has 1 amide bonds. The van der Waals surface area contributed by atoms with Gasteiger partial charge in [-0.2, -0.15) is 0 Å². The molecule has 0 unspecified atom stereocenters. The fourth-order valence-electron chi connectivity index (χ4n) is 1.85. The second-order valence-corrected chi connectivity index (χ2v) is 6.54. The van der Waals surface area contributed by atoms with Crippen molar-refractivity contribution >= 4 is 23.1 Å². The van der Waals surface area contributed by atoms with Crippen molar-refractivity contribution in [2.45, 2.75) is 38.7 Å². The molecule has 1 aliphatic rings. The number of hydrogen-bond acceptors (Lipinski definition) is 7. The van der Waals surface area contributed by atoms with Crippen LogP contribution in [0.3, 0.4) is 0 Å². The van der Waals surface area contributed by atoms with E-state index in [-0.39, 0.29) is 11.8 Å². The predicted molar refractivity (Wildman–Crippen MR) is 73.4 cm³/mol. The third-order valence-electron chi connectivity index (χ3n) is 2.93. The van der Waals surface area contributed by atoms with E-state index in [4.69, 9.17) is 28.8 Å². The number of carbonyl (C=O) groups is 1. The standard InChI is InChI=1S/C9H19BN2O3.CH4O3S/c1-6(2)8(11)9(13)12-5-3-4-7(12)10(14)15;1-5(2,3)4/h6-8,14-15H,3-5,11H2,1-2H3;1H3,(H,2,3,4)/p-1/t7-,8-;/m0./s1. The Morgan fingerprint density at radius 3 is 2.25 bits per heavy atom. The Kier molecular flexibility index (Phi) is 7.67. The maximum Gasteiger partial charge on any atom is 0.475 e. The van der Waals surface area contributed by atoms with Gasteiger partial charge in [0, 0.05) is 12.8 Å². The highest BCUT2D eigenvalue weighted by Gasteiger charge is 2.38. The van der Waals surface area contributed by atoms with Gasteiger partial charge in [-0.3, -0.25) is 4.79 Å². The summed E-state index contributed by atoms with van der Waals surface area (Å²) in [6, 6.07) is -0.552. The second-order valence-electron chi connectivity index (χ2n) is 5.13. The Labute approximate surface area is 119 Å². The minimum atomic E-state index is -3.92. The minimum absolute atomic E-state index is 0.0644. The smallest absolute Gasteiger partial charge is 0.475 e. The Morgan fingerprint density at radius 2 is 1.90 bits per heavy atom. The second kappa shape index (κ2) is 7.94. The summed E-state index contributed by atoms with van der Waals surface area (Å²) in [4.78, 5) is 13.4. The van der Waals surface area contributed by atoms with E-state index in [0.29, 0.717) is 19.2 Å². The van der Waals surface area contributed by atoms with Crippen LogP contribution in [-0.2, 0) is 14.9 Å². The molecule has 0 aromatic heterocycles. The molecule has 1 aliphatic heterocycles. The Morgan fingerprint density at radius 1 is 1.45 bits per heavy atom. The number of nitrogens with zero attached hydrogens (tertiary/aromatic N) is 1. The van der Waals surface area contributed by atoms with E-state index in [1.807, 2.05) is 13.8 Å². The van der Waals surface area contributed by atoms with E-state index in [1.165, 1.54) is 4.90 Å². The van der Waals surface area contributed by atoms with Gasteiger partial charge in [0.2, 0.25) is 5.91 Å². The molecule has 4 N–H and O–H groups in total. The van der Waals surface area contributed by atoms with Gasteiger partial charge in [-0.1, -0.05) is 13.8 Å². The van der Waals surface area contributed by atoms with E-state index in [2.05, 4.69) is 0 Å². The number of likely N-dealkylation sites (tertiary alicyclic amines) is 1. The zero-order chi connectivity index (χ0) is 16.1. The molecule has 8 nitrogen and oxygen atoms in total. The lowest BCUT2D eigenvalue weighted by atomic mass is 9.77. The number of hydrogen-bond donors (Lipinski definition) is 3. The van der Waals surface area contributed by atoms with Crippen molar-refractivity contribution in [3.05, 3.63) is 0 Å². The average molecular weight is 309 g/mol. The quantitative estimate of drug-likeness (QED) is 0.409. The Bertz CT molecular complexity index is 406. The fourth-order valence-corrected chi connectivity index (χ4v) is 1.85. The van der Waals surface area contributed by atoms with Crippen LogP contribution in [0.5, 0.6) is 0 Å². The van der Waals surface area contributed by atoms with Gasteiger partial charge in [0.15, 0.2) is 0 Å². The molecule has 0 radical (unpaired) electrons. The summed E-state index contributed by atoms with van der Waals surface area (Å²) in [7, 11) is -5.38. The third kappa shape index (κ3) is 7.20. The van der Waals surface area contributed by atoms with Gasteiger partial charge in [0.1, 0.15) is 0 Å². The van der Waals surface area contributed by atoms with Crippen molar-refractivity contribution in [1.82, 2.24) is 4.90 Å². The first-order valence-corrected chi connectivity index (χ1v) is 8.09. The summed E-state index contributed by atoms with van der Waals surface area (Å²) in [5, 5.41) is 18.2. The van der Waals surface area contributed by atoms with Crippen LogP contribution in [-0.4, -0.2) is 65.7 Å². The van der Waals surface area contributed by atoms with Crippen LogP contribution in [0.15, 0.2) is 0 Å². The van der Waals surface area contributed by atoms with Crippen molar-refractivity contribution in [2.75, 3.05) is 12.8 Å². The molecule has 0 bridgehead atoms. The first kappa shape index (κ1) is 19.3. The zero-order valence-corrected chi connectivity index (χ0v) is 12.7. The van der Waals surface area contributed by atoms with Crippen molar-refractivity contribution < 1.29 is 27.8 Å². The summed E-state index contributed by atoms with van der Waals surface area (Å²) in [6.07, 6.45) is 2.04. The minimum Gasteiger partial charge on any atom is -0.748 e. The summed E-state index contributed by atoms with van der Waals surface area (Å²) in [6.45, 7) is 4.33. The van der Waals surface area contributed by atoms with Crippen LogP contribution < -0.4 is 5.73 Å². The van der Waals surface area contributed by atoms with E-state index < -0.39 is 29.2 Å². The molecule has 1 saturated heterocycles. The van der Waals surface area contributed by atoms with E-state index in [9.17, 15) is 4.79 Å². The summed E-state index contributed by atoms with van der Waals surface area (Å²) in [5.74, 6) is -0.600. The first-order chi connectivity index (χ1) is 8.95. The van der Waals surface area contributed by atoms with Gasteiger partial charge in [-0.15, -0.1) is 0 Å². The molecule has 1 rings (SSSR count). The maximum atomic E-state index is 11.9. The number of rotatable bonds is 3. The number of amides is 1. The lowest BCUT2D eigenvalue weighted by Crippen LogP contribution is -2.52. The van der Waals surface area contributed by atoms with Crippen LogP contribution in [0.25, 0.3) is 0 Å². The maximum absolute atomic E-state index is 11.9.